The standard InChI is InChI=1S/C13H18BrN3O/c1-2-13(18)16-11-4-3-7-17(9-11)12-6-5-10(14)8-15-12/h5-6,8,11H,2-4,7,9H2,1H3,(H,16,18). The highest BCUT2D eigenvalue weighted by Crippen LogP contribution is 2.19. The Morgan fingerprint density at radius 1 is 1.61 bits per heavy atom. The molecule has 0 bridgehead atoms. The Kier molecular flexibility index (Phi) is 4.58. The number of carbonyl (C=O) groups excluding carboxylic acids is 1. The van der Waals surface area contributed by atoms with E-state index < -0.39 is 0 Å². The van der Waals surface area contributed by atoms with Gasteiger partial charge in [0.1, 0.15) is 5.82 Å². The summed E-state index contributed by atoms with van der Waals surface area (Å²) in [6, 6.07) is 4.25. The molecule has 1 saturated heterocycles. The van der Waals surface area contributed by atoms with Crippen LogP contribution < -0.4 is 10.2 Å². The summed E-state index contributed by atoms with van der Waals surface area (Å²) in [7, 11) is 0. The molecule has 98 valence electrons. The summed E-state index contributed by atoms with van der Waals surface area (Å²) in [5, 5.41) is 3.06. The quantitative estimate of drug-likeness (QED) is 0.932. The fourth-order valence-corrected chi connectivity index (χ4v) is 2.42. The van der Waals surface area contributed by atoms with Crippen molar-refractivity contribution in [3.63, 3.8) is 0 Å². The molecule has 1 aromatic rings. The van der Waals surface area contributed by atoms with Crippen molar-refractivity contribution in [2.24, 2.45) is 0 Å². The average molecular weight is 312 g/mol. The van der Waals surface area contributed by atoms with Gasteiger partial charge in [-0.05, 0) is 40.9 Å². The lowest BCUT2D eigenvalue weighted by molar-refractivity contribution is -0.121. The minimum absolute atomic E-state index is 0.130. The first-order chi connectivity index (χ1) is 8.69. The van der Waals surface area contributed by atoms with E-state index in [4.69, 9.17) is 0 Å². The Morgan fingerprint density at radius 2 is 2.44 bits per heavy atom. The zero-order valence-corrected chi connectivity index (χ0v) is 12.1. The molecular formula is C13H18BrN3O. The molecule has 5 heteroatoms. The maximum atomic E-state index is 11.4. The van der Waals surface area contributed by atoms with Crippen LogP contribution in [-0.4, -0.2) is 30.0 Å². The smallest absolute Gasteiger partial charge is 0.219 e. The minimum atomic E-state index is 0.130. The molecule has 1 aromatic heterocycles. The summed E-state index contributed by atoms with van der Waals surface area (Å²) in [6.45, 7) is 3.74. The molecule has 4 nitrogen and oxygen atoms in total. The fourth-order valence-electron chi connectivity index (χ4n) is 2.19. The molecule has 2 heterocycles. The van der Waals surface area contributed by atoms with E-state index >= 15 is 0 Å². The lowest BCUT2D eigenvalue weighted by atomic mass is 10.1. The Morgan fingerprint density at radius 3 is 3.11 bits per heavy atom. The zero-order chi connectivity index (χ0) is 13.0. The number of hydrogen-bond donors (Lipinski definition) is 1. The van der Waals surface area contributed by atoms with Crippen molar-refractivity contribution < 1.29 is 4.79 Å². The van der Waals surface area contributed by atoms with E-state index in [1.165, 1.54) is 0 Å². The molecule has 1 amide bonds. The van der Waals surface area contributed by atoms with E-state index in [2.05, 4.69) is 31.1 Å². The first kappa shape index (κ1) is 13.3. The monoisotopic (exact) mass is 311 g/mol. The van der Waals surface area contributed by atoms with Crippen LogP contribution in [0.15, 0.2) is 22.8 Å². The van der Waals surface area contributed by atoms with Gasteiger partial charge >= 0.3 is 0 Å². The Labute approximate surface area is 116 Å². The number of aromatic nitrogens is 1. The van der Waals surface area contributed by atoms with Gasteiger partial charge in [-0.3, -0.25) is 4.79 Å². The average Bonchev–Trinajstić information content (AvgIpc) is 2.40. The number of carbonyl (C=O) groups is 1. The van der Waals surface area contributed by atoms with E-state index in [1.54, 1.807) is 0 Å². The molecular weight excluding hydrogens is 294 g/mol. The Balaban J connectivity index is 1.98. The van der Waals surface area contributed by atoms with Crippen LogP contribution in [0.25, 0.3) is 0 Å². The van der Waals surface area contributed by atoms with Gasteiger partial charge in [-0.15, -0.1) is 0 Å². The summed E-state index contributed by atoms with van der Waals surface area (Å²) < 4.78 is 0.985. The van der Waals surface area contributed by atoms with Crippen LogP contribution in [0.5, 0.6) is 0 Å². The maximum Gasteiger partial charge on any atom is 0.219 e. The van der Waals surface area contributed by atoms with Crippen molar-refractivity contribution in [1.29, 1.82) is 0 Å². The molecule has 18 heavy (non-hydrogen) atoms. The molecule has 1 aliphatic rings. The first-order valence-electron chi connectivity index (χ1n) is 6.35. The molecule has 0 saturated carbocycles. The normalized spacial score (nSPS) is 19.7. The van der Waals surface area contributed by atoms with Crippen molar-refractivity contribution in [2.45, 2.75) is 32.2 Å². The highest BCUT2D eigenvalue weighted by molar-refractivity contribution is 9.10. The van der Waals surface area contributed by atoms with Crippen LogP contribution in [0, 0.1) is 0 Å². The molecule has 1 fully saturated rings. The molecule has 0 aromatic carbocycles. The van der Waals surface area contributed by atoms with E-state index in [9.17, 15) is 4.79 Å². The SMILES string of the molecule is CCC(=O)NC1CCCN(c2ccc(Br)cn2)C1. The van der Waals surface area contributed by atoms with Crippen LogP contribution in [0.3, 0.4) is 0 Å². The predicted molar refractivity (Wildman–Crippen MR) is 75.6 cm³/mol. The van der Waals surface area contributed by atoms with E-state index in [1.807, 2.05) is 25.3 Å². The van der Waals surface area contributed by atoms with Crippen LogP contribution in [0.1, 0.15) is 26.2 Å². The van der Waals surface area contributed by atoms with Crippen molar-refractivity contribution in [3.05, 3.63) is 22.8 Å². The number of hydrogen-bond acceptors (Lipinski definition) is 3. The number of nitrogens with one attached hydrogen (secondary N) is 1. The second kappa shape index (κ2) is 6.18. The number of pyridine rings is 1. The topological polar surface area (TPSA) is 45.2 Å². The van der Waals surface area contributed by atoms with Crippen molar-refractivity contribution in [3.8, 4) is 0 Å². The largest absolute Gasteiger partial charge is 0.355 e. The summed E-state index contributed by atoms with van der Waals surface area (Å²) in [5.41, 5.74) is 0. The maximum absolute atomic E-state index is 11.4. The van der Waals surface area contributed by atoms with Crippen LogP contribution in [0.4, 0.5) is 5.82 Å². The van der Waals surface area contributed by atoms with Crippen molar-refractivity contribution >= 4 is 27.7 Å². The van der Waals surface area contributed by atoms with E-state index in [0.29, 0.717) is 6.42 Å². The van der Waals surface area contributed by atoms with Gasteiger partial charge in [0.15, 0.2) is 0 Å². The third-order valence-corrected chi connectivity index (χ3v) is 3.61. The molecule has 0 aliphatic carbocycles. The van der Waals surface area contributed by atoms with Crippen molar-refractivity contribution in [1.82, 2.24) is 10.3 Å². The lowest BCUT2D eigenvalue weighted by Gasteiger charge is -2.33. The lowest BCUT2D eigenvalue weighted by Crippen LogP contribution is -2.47. The highest BCUT2D eigenvalue weighted by Gasteiger charge is 2.21. The summed E-state index contributed by atoms with van der Waals surface area (Å²) in [5.74, 6) is 1.11. The number of piperidine rings is 1. The number of anilines is 1. The second-order valence-corrected chi connectivity index (χ2v) is 5.46. The van der Waals surface area contributed by atoms with Crippen LogP contribution >= 0.6 is 15.9 Å². The molecule has 0 spiro atoms. The Bertz CT molecular complexity index is 407. The van der Waals surface area contributed by atoms with Gasteiger partial charge in [-0.25, -0.2) is 4.98 Å². The fraction of sp³-hybridized carbons (Fsp3) is 0.538. The molecule has 1 atom stereocenters. The number of rotatable bonds is 3. The van der Waals surface area contributed by atoms with Gasteiger partial charge in [-0.2, -0.15) is 0 Å². The highest BCUT2D eigenvalue weighted by atomic mass is 79.9. The minimum Gasteiger partial charge on any atom is -0.355 e. The van der Waals surface area contributed by atoms with E-state index in [-0.39, 0.29) is 11.9 Å². The number of halogens is 1. The van der Waals surface area contributed by atoms with Gasteiger partial charge in [0.05, 0.1) is 0 Å². The molecule has 2 rings (SSSR count). The molecule has 0 radical (unpaired) electrons. The predicted octanol–water partition coefficient (Wildman–Crippen LogP) is 2.34. The summed E-state index contributed by atoms with van der Waals surface area (Å²) >= 11 is 3.39. The number of amides is 1. The number of nitrogens with zero attached hydrogens (tertiary/aromatic N) is 2. The molecule has 1 aliphatic heterocycles. The third kappa shape index (κ3) is 3.45. The summed E-state index contributed by atoms with van der Waals surface area (Å²) in [4.78, 5) is 18.1. The van der Waals surface area contributed by atoms with Gasteiger partial charge in [0.25, 0.3) is 0 Å². The van der Waals surface area contributed by atoms with Gasteiger partial charge in [0, 0.05) is 36.2 Å². The second-order valence-electron chi connectivity index (χ2n) is 4.54. The van der Waals surface area contributed by atoms with Crippen LogP contribution in [-0.2, 0) is 4.79 Å². The van der Waals surface area contributed by atoms with Crippen LogP contribution in [0.2, 0.25) is 0 Å². The van der Waals surface area contributed by atoms with Gasteiger partial charge in [0.2, 0.25) is 5.91 Å². The first-order valence-corrected chi connectivity index (χ1v) is 7.14. The molecule has 1 N–H and O–H groups in total. The zero-order valence-electron chi connectivity index (χ0n) is 10.5. The molecule has 1 unspecified atom stereocenters. The van der Waals surface area contributed by atoms with Crippen molar-refractivity contribution in [2.75, 3.05) is 18.0 Å². The third-order valence-electron chi connectivity index (χ3n) is 3.14. The van der Waals surface area contributed by atoms with Gasteiger partial charge < -0.3 is 10.2 Å². The van der Waals surface area contributed by atoms with E-state index in [0.717, 1.165) is 36.2 Å². The summed E-state index contributed by atoms with van der Waals surface area (Å²) in [6.07, 6.45) is 4.50. The van der Waals surface area contributed by atoms with Gasteiger partial charge in [-0.1, -0.05) is 6.92 Å². The Hall–Kier alpha value is -1.10.